The summed E-state index contributed by atoms with van der Waals surface area (Å²) in [5, 5.41) is 12.6. The van der Waals surface area contributed by atoms with E-state index in [2.05, 4.69) is 10.4 Å². The van der Waals surface area contributed by atoms with Gasteiger partial charge in [-0.1, -0.05) is 35.9 Å². The lowest BCUT2D eigenvalue weighted by atomic mass is 10.2. The maximum atomic E-state index is 12.4. The average Bonchev–Trinajstić information content (AvgIpc) is 3.06. The molecule has 27 heavy (non-hydrogen) atoms. The van der Waals surface area contributed by atoms with Crippen molar-refractivity contribution >= 4 is 33.2 Å². The molecule has 0 fully saturated rings. The van der Waals surface area contributed by atoms with E-state index in [1.54, 1.807) is 36.0 Å². The van der Waals surface area contributed by atoms with Gasteiger partial charge in [0.2, 0.25) is 10.0 Å². The van der Waals surface area contributed by atoms with Crippen molar-refractivity contribution in [2.75, 3.05) is 5.32 Å². The van der Waals surface area contributed by atoms with Crippen molar-refractivity contribution in [1.82, 2.24) is 9.78 Å². The Morgan fingerprint density at radius 2 is 2.00 bits per heavy atom. The Kier molecular flexibility index (Phi) is 5.31. The van der Waals surface area contributed by atoms with Gasteiger partial charge >= 0.3 is 0 Å². The van der Waals surface area contributed by atoms with E-state index in [0.717, 1.165) is 5.56 Å². The first-order chi connectivity index (χ1) is 12.7. The van der Waals surface area contributed by atoms with Crippen LogP contribution in [0.2, 0.25) is 5.02 Å². The number of aryl methyl sites for hydroxylation is 1. The summed E-state index contributed by atoms with van der Waals surface area (Å²) in [6.45, 7) is 2.05. The van der Waals surface area contributed by atoms with E-state index in [1.165, 1.54) is 12.3 Å². The third-order valence-corrected chi connectivity index (χ3v) is 5.36. The van der Waals surface area contributed by atoms with E-state index in [-0.39, 0.29) is 4.90 Å². The number of sulfonamides is 1. The van der Waals surface area contributed by atoms with Crippen LogP contribution in [0.3, 0.4) is 0 Å². The van der Waals surface area contributed by atoms with Crippen LogP contribution in [0.5, 0.6) is 0 Å². The SMILES string of the molecule is Cc1ccc(NC(=O)c2cnn(Cc3ccccc3Cl)c2)cc1S(N)(=O)=O. The topological polar surface area (TPSA) is 107 Å². The molecule has 1 amide bonds. The van der Waals surface area contributed by atoms with Crippen LogP contribution in [0.15, 0.2) is 59.8 Å². The number of hydrogen-bond acceptors (Lipinski definition) is 4. The van der Waals surface area contributed by atoms with Crippen LogP contribution in [0.4, 0.5) is 5.69 Å². The van der Waals surface area contributed by atoms with Gasteiger partial charge < -0.3 is 5.32 Å². The molecule has 0 aliphatic rings. The molecule has 0 saturated carbocycles. The molecule has 2 aromatic carbocycles. The fourth-order valence-corrected chi connectivity index (χ4v) is 3.56. The Labute approximate surface area is 161 Å². The first kappa shape index (κ1) is 19.1. The molecular formula is C18H17ClN4O3S. The lowest BCUT2D eigenvalue weighted by molar-refractivity contribution is 0.102. The van der Waals surface area contributed by atoms with Gasteiger partial charge in [0.15, 0.2) is 0 Å². The van der Waals surface area contributed by atoms with E-state index in [1.807, 2.05) is 18.2 Å². The molecule has 3 aromatic rings. The molecule has 0 saturated heterocycles. The summed E-state index contributed by atoms with van der Waals surface area (Å²) in [6, 6.07) is 11.9. The second-order valence-electron chi connectivity index (χ2n) is 6.00. The highest BCUT2D eigenvalue weighted by molar-refractivity contribution is 7.89. The zero-order valence-corrected chi connectivity index (χ0v) is 16.0. The predicted octanol–water partition coefficient (Wildman–Crippen LogP) is 2.79. The normalized spacial score (nSPS) is 11.4. The first-order valence-corrected chi connectivity index (χ1v) is 9.87. The fourth-order valence-electron chi connectivity index (χ4n) is 2.56. The number of nitrogens with one attached hydrogen (secondary N) is 1. The van der Waals surface area contributed by atoms with Gasteiger partial charge in [-0.2, -0.15) is 5.10 Å². The van der Waals surface area contributed by atoms with Crippen LogP contribution in [-0.4, -0.2) is 24.1 Å². The summed E-state index contributed by atoms with van der Waals surface area (Å²) in [4.78, 5) is 12.4. The number of benzene rings is 2. The van der Waals surface area contributed by atoms with Crippen LogP contribution in [0, 0.1) is 6.92 Å². The van der Waals surface area contributed by atoms with Gasteiger partial charge in [-0.25, -0.2) is 13.6 Å². The maximum absolute atomic E-state index is 12.4. The van der Waals surface area contributed by atoms with E-state index < -0.39 is 15.9 Å². The summed E-state index contributed by atoms with van der Waals surface area (Å²) in [6.07, 6.45) is 3.02. The number of amides is 1. The Hall–Kier alpha value is -2.68. The summed E-state index contributed by atoms with van der Waals surface area (Å²) >= 11 is 6.14. The largest absolute Gasteiger partial charge is 0.322 e. The minimum absolute atomic E-state index is 0.0327. The van der Waals surface area contributed by atoms with E-state index in [9.17, 15) is 13.2 Å². The van der Waals surface area contributed by atoms with Crippen LogP contribution < -0.4 is 10.5 Å². The molecule has 3 rings (SSSR count). The van der Waals surface area contributed by atoms with E-state index >= 15 is 0 Å². The maximum Gasteiger partial charge on any atom is 0.258 e. The quantitative estimate of drug-likeness (QED) is 0.681. The Balaban J connectivity index is 1.76. The molecule has 0 bridgehead atoms. The number of carbonyl (C=O) groups is 1. The molecule has 0 aliphatic heterocycles. The first-order valence-electron chi connectivity index (χ1n) is 7.95. The highest BCUT2D eigenvalue weighted by Crippen LogP contribution is 2.20. The lowest BCUT2D eigenvalue weighted by Crippen LogP contribution is -2.15. The Bertz CT molecular complexity index is 1110. The molecule has 0 aliphatic carbocycles. The number of nitrogens with zero attached hydrogens (tertiary/aromatic N) is 2. The number of hydrogen-bond donors (Lipinski definition) is 2. The van der Waals surface area contributed by atoms with Crippen LogP contribution >= 0.6 is 11.6 Å². The molecule has 0 atom stereocenters. The summed E-state index contributed by atoms with van der Waals surface area (Å²) < 4.78 is 24.8. The van der Waals surface area contributed by atoms with E-state index in [4.69, 9.17) is 16.7 Å². The highest BCUT2D eigenvalue weighted by atomic mass is 35.5. The second kappa shape index (κ2) is 7.51. The molecular weight excluding hydrogens is 388 g/mol. The average molecular weight is 405 g/mol. The molecule has 3 N–H and O–H groups in total. The number of halogens is 1. The number of anilines is 1. The fraction of sp³-hybridized carbons (Fsp3) is 0.111. The number of aromatic nitrogens is 2. The second-order valence-corrected chi connectivity index (χ2v) is 7.93. The summed E-state index contributed by atoms with van der Waals surface area (Å²) in [7, 11) is -3.87. The van der Waals surface area contributed by atoms with Crippen molar-refractivity contribution in [3.63, 3.8) is 0 Å². The Morgan fingerprint density at radius 1 is 1.26 bits per heavy atom. The third kappa shape index (κ3) is 4.54. The van der Waals surface area contributed by atoms with Crippen LogP contribution in [0.25, 0.3) is 0 Å². The van der Waals surface area contributed by atoms with Crippen molar-refractivity contribution in [2.24, 2.45) is 5.14 Å². The molecule has 7 nitrogen and oxygen atoms in total. The smallest absolute Gasteiger partial charge is 0.258 e. The Morgan fingerprint density at radius 3 is 2.70 bits per heavy atom. The minimum atomic E-state index is -3.87. The van der Waals surface area contributed by atoms with E-state index in [0.29, 0.717) is 28.4 Å². The molecule has 140 valence electrons. The number of nitrogens with two attached hydrogens (primary N) is 1. The highest BCUT2D eigenvalue weighted by Gasteiger charge is 2.15. The zero-order valence-electron chi connectivity index (χ0n) is 14.4. The molecule has 1 aromatic heterocycles. The predicted molar refractivity (Wildman–Crippen MR) is 103 cm³/mol. The molecule has 0 radical (unpaired) electrons. The van der Waals surface area contributed by atoms with Gasteiger partial charge in [0.1, 0.15) is 0 Å². The van der Waals surface area contributed by atoms with Crippen molar-refractivity contribution in [2.45, 2.75) is 18.4 Å². The molecule has 0 spiro atoms. The van der Waals surface area contributed by atoms with Gasteiger partial charge in [0.05, 0.1) is 23.2 Å². The van der Waals surface area contributed by atoms with Gasteiger partial charge in [-0.15, -0.1) is 0 Å². The van der Waals surface area contributed by atoms with Crippen molar-refractivity contribution < 1.29 is 13.2 Å². The van der Waals surface area contributed by atoms with Gasteiger partial charge in [0, 0.05) is 16.9 Å². The molecule has 9 heteroatoms. The number of carbonyl (C=O) groups excluding carboxylic acids is 1. The summed E-state index contributed by atoms with van der Waals surface area (Å²) in [5.74, 6) is -0.412. The van der Waals surface area contributed by atoms with Crippen LogP contribution in [-0.2, 0) is 16.6 Å². The number of primary sulfonamides is 1. The number of rotatable bonds is 5. The monoisotopic (exact) mass is 404 g/mol. The van der Waals surface area contributed by atoms with Crippen molar-refractivity contribution in [3.8, 4) is 0 Å². The standard InChI is InChI=1S/C18H17ClN4O3S/c1-12-6-7-15(8-17(12)27(20,25)26)22-18(24)14-9-21-23(11-14)10-13-4-2-3-5-16(13)19/h2-9,11H,10H2,1H3,(H,22,24)(H2,20,25,26). The molecule has 1 heterocycles. The summed E-state index contributed by atoms with van der Waals surface area (Å²) in [5.41, 5.74) is 2.04. The van der Waals surface area contributed by atoms with Gasteiger partial charge in [-0.3, -0.25) is 9.48 Å². The zero-order chi connectivity index (χ0) is 19.6. The van der Waals surface area contributed by atoms with Crippen molar-refractivity contribution in [1.29, 1.82) is 0 Å². The van der Waals surface area contributed by atoms with Gasteiger partial charge in [-0.05, 0) is 36.2 Å². The van der Waals surface area contributed by atoms with Crippen LogP contribution in [0.1, 0.15) is 21.5 Å². The lowest BCUT2D eigenvalue weighted by Gasteiger charge is -2.08. The van der Waals surface area contributed by atoms with Gasteiger partial charge in [0.25, 0.3) is 5.91 Å². The minimum Gasteiger partial charge on any atom is -0.322 e. The molecule has 0 unspecified atom stereocenters. The van der Waals surface area contributed by atoms with Crippen molar-refractivity contribution in [3.05, 3.63) is 76.6 Å². The third-order valence-electron chi connectivity index (χ3n) is 3.94.